The van der Waals surface area contributed by atoms with Gasteiger partial charge in [-0.15, -0.1) is 0 Å². The highest BCUT2D eigenvalue weighted by molar-refractivity contribution is 5.74. The number of likely N-dealkylation sites (tertiary alicyclic amines) is 1. The molecule has 0 aromatic heterocycles. The lowest BCUT2D eigenvalue weighted by atomic mass is 9.68. The van der Waals surface area contributed by atoms with E-state index in [4.69, 9.17) is 4.74 Å². The van der Waals surface area contributed by atoms with Gasteiger partial charge in [0.15, 0.2) is 0 Å². The summed E-state index contributed by atoms with van der Waals surface area (Å²) in [4.78, 5) is 34.3. The molecule has 1 aromatic carbocycles. The Bertz CT molecular complexity index is 955. The summed E-state index contributed by atoms with van der Waals surface area (Å²) in [6, 6.07) is 10.1. The first kappa shape index (κ1) is 23.1. The third-order valence-electron chi connectivity index (χ3n) is 9.61. The summed E-state index contributed by atoms with van der Waals surface area (Å²) in [6.45, 7) is 3.65. The zero-order valence-corrected chi connectivity index (χ0v) is 21.3. The molecule has 7 heteroatoms. The van der Waals surface area contributed by atoms with Crippen LogP contribution in [0.25, 0.3) is 0 Å². The van der Waals surface area contributed by atoms with Crippen LogP contribution in [-0.4, -0.2) is 89.7 Å². The van der Waals surface area contributed by atoms with Crippen LogP contribution in [0.5, 0.6) is 0 Å². The fourth-order valence-electron chi connectivity index (χ4n) is 7.49. The Morgan fingerprint density at radius 2 is 1.66 bits per heavy atom. The maximum atomic E-state index is 12.9. The summed E-state index contributed by atoms with van der Waals surface area (Å²) < 4.78 is 5.78. The van der Waals surface area contributed by atoms with Crippen LogP contribution in [0, 0.1) is 0 Å². The summed E-state index contributed by atoms with van der Waals surface area (Å²) in [5.74, 6) is 0. The van der Waals surface area contributed by atoms with Gasteiger partial charge in [0, 0.05) is 50.7 Å². The number of carbonyl (C=O) groups excluding carboxylic acids is 2. The van der Waals surface area contributed by atoms with Gasteiger partial charge in [-0.3, -0.25) is 0 Å². The molecule has 3 saturated heterocycles. The smallest absolute Gasteiger partial charge is 0.410 e. The fourth-order valence-corrected chi connectivity index (χ4v) is 7.49. The number of nitrogens with zero attached hydrogens (tertiary/aromatic N) is 4. The topological polar surface area (TPSA) is 56.3 Å². The van der Waals surface area contributed by atoms with E-state index in [0.29, 0.717) is 24.7 Å². The molecule has 2 unspecified atom stereocenters. The molecule has 4 heterocycles. The van der Waals surface area contributed by atoms with E-state index in [9.17, 15) is 9.59 Å². The highest BCUT2D eigenvalue weighted by Crippen LogP contribution is 2.45. The third-order valence-corrected chi connectivity index (χ3v) is 9.61. The molecule has 4 fully saturated rings. The van der Waals surface area contributed by atoms with Gasteiger partial charge in [-0.25, -0.2) is 9.59 Å². The monoisotopic (exact) mass is 480 g/mol. The maximum absolute atomic E-state index is 12.9. The number of carbonyl (C=O) groups is 2. The molecule has 2 bridgehead atoms. The predicted molar refractivity (Wildman–Crippen MR) is 134 cm³/mol. The number of amides is 3. The van der Waals surface area contributed by atoms with Gasteiger partial charge in [-0.1, -0.05) is 24.3 Å². The first-order valence-electron chi connectivity index (χ1n) is 13.7. The Kier molecular flexibility index (Phi) is 5.94. The van der Waals surface area contributed by atoms with Gasteiger partial charge in [0.25, 0.3) is 0 Å². The summed E-state index contributed by atoms with van der Waals surface area (Å²) in [5, 5.41) is 0. The molecular formula is C28H40N4O3. The van der Waals surface area contributed by atoms with Crippen molar-refractivity contribution in [1.29, 1.82) is 0 Å². The number of benzene rings is 1. The number of urea groups is 1. The average molecular weight is 481 g/mol. The normalized spacial score (nSPS) is 30.1. The van der Waals surface area contributed by atoms with Gasteiger partial charge in [-0.2, -0.15) is 0 Å². The lowest BCUT2D eigenvalue weighted by Crippen LogP contribution is -2.58. The van der Waals surface area contributed by atoms with Crippen LogP contribution in [-0.2, 0) is 16.7 Å². The van der Waals surface area contributed by atoms with Crippen LogP contribution in [0.2, 0.25) is 0 Å². The average Bonchev–Trinajstić information content (AvgIpc) is 3.10. The maximum Gasteiger partial charge on any atom is 0.410 e. The highest BCUT2D eigenvalue weighted by atomic mass is 16.6. The summed E-state index contributed by atoms with van der Waals surface area (Å²) in [5.41, 5.74) is 2.80. The van der Waals surface area contributed by atoms with E-state index in [-0.39, 0.29) is 23.6 Å². The van der Waals surface area contributed by atoms with Crippen molar-refractivity contribution in [3.05, 3.63) is 35.4 Å². The number of fused-ring (bicyclic) bond motifs is 4. The molecule has 5 aliphatic rings. The number of rotatable bonds is 2. The quantitative estimate of drug-likeness (QED) is 0.637. The standard InChI is InChI=1S/C28H40N4O3/c1-29(2)26(33)31-18-20-6-3-4-9-25(20)28(19-31)12-14-30(15-13-28)23-16-21-10-11-22(17-23)32(21)27(34)35-24-7-5-8-24/h3-4,6,9,21-24H,5,7-8,10-19H2,1-2H3. The highest BCUT2D eigenvalue weighted by Gasteiger charge is 2.49. The molecule has 0 N–H and O–H groups in total. The van der Waals surface area contributed by atoms with Crippen LogP contribution in [0.1, 0.15) is 68.9 Å². The lowest BCUT2D eigenvalue weighted by molar-refractivity contribution is -0.00767. The second-order valence-corrected chi connectivity index (χ2v) is 11.9. The molecule has 2 atom stereocenters. The van der Waals surface area contributed by atoms with Crippen molar-refractivity contribution in [3.8, 4) is 0 Å². The van der Waals surface area contributed by atoms with Crippen LogP contribution < -0.4 is 0 Å². The van der Waals surface area contributed by atoms with Crippen molar-refractivity contribution >= 4 is 12.1 Å². The molecule has 7 nitrogen and oxygen atoms in total. The first-order valence-corrected chi connectivity index (χ1v) is 13.7. The summed E-state index contributed by atoms with van der Waals surface area (Å²) in [6.07, 6.45) is 9.92. The number of hydrogen-bond acceptors (Lipinski definition) is 4. The van der Waals surface area contributed by atoms with Gasteiger partial charge in [0.05, 0.1) is 0 Å². The van der Waals surface area contributed by atoms with Crippen LogP contribution in [0.4, 0.5) is 9.59 Å². The van der Waals surface area contributed by atoms with E-state index >= 15 is 0 Å². The molecule has 0 radical (unpaired) electrons. The minimum atomic E-state index is -0.0530. The molecule has 6 rings (SSSR count). The molecule has 4 aliphatic heterocycles. The number of ether oxygens (including phenoxy) is 1. The van der Waals surface area contributed by atoms with Crippen molar-refractivity contribution in [2.75, 3.05) is 33.7 Å². The van der Waals surface area contributed by atoms with Crippen LogP contribution in [0.3, 0.4) is 0 Å². The van der Waals surface area contributed by atoms with E-state index in [1.165, 1.54) is 17.5 Å². The molecule has 1 spiro atoms. The Balaban J connectivity index is 1.13. The van der Waals surface area contributed by atoms with E-state index in [2.05, 4.69) is 34.1 Å². The van der Waals surface area contributed by atoms with Gasteiger partial charge < -0.3 is 24.3 Å². The Hall–Kier alpha value is -2.28. The molecule has 1 aliphatic carbocycles. The van der Waals surface area contributed by atoms with Crippen LogP contribution in [0.15, 0.2) is 24.3 Å². The molecule has 190 valence electrons. The minimum absolute atomic E-state index is 0.0449. The molecule has 1 saturated carbocycles. The third kappa shape index (κ3) is 4.09. The van der Waals surface area contributed by atoms with Gasteiger partial charge in [0.1, 0.15) is 6.10 Å². The lowest BCUT2D eigenvalue weighted by Gasteiger charge is -2.51. The predicted octanol–water partition coefficient (Wildman–Crippen LogP) is 4.20. The molecule has 1 aromatic rings. The zero-order valence-electron chi connectivity index (χ0n) is 21.3. The largest absolute Gasteiger partial charge is 0.446 e. The van der Waals surface area contributed by atoms with Crippen LogP contribution >= 0.6 is 0 Å². The minimum Gasteiger partial charge on any atom is -0.446 e. The second kappa shape index (κ2) is 8.99. The summed E-state index contributed by atoms with van der Waals surface area (Å²) >= 11 is 0. The van der Waals surface area contributed by atoms with Crippen molar-refractivity contribution < 1.29 is 14.3 Å². The van der Waals surface area contributed by atoms with Gasteiger partial charge in [-0.05, 0) is 82.0 Å². The zero-order chi connectivity index (χ0) is 24.2. The first-order chi connectivity index (χ1) is 16.9. The van der Waals surface area contributed by atoms with E-state index in [1.807, 2.05) is 19.0 Å². The van der Waals surface area contributed by atoms with E-state index < -0.39 is 0 Å². The Labute approximate surface area is 209 Å². The van der Waals surface area contributed by atoms with E-state index in [0.717, 1.165) is 71.0 Å². The SMILES string of the molecule is CN(C)C(=O)N1Cc2ccccc2C2(CCN(C3CC4CCC(C3)N4C(=O)OC3CCC3)CC2)C1. The molecular weight excluding hydrogens is 440 g/mol. The number of hydrogen-bond donors (Lipinski definition) is 0. The molecule has 3 amide bonds. The van der Waals surface area contributed by atoms with E-state index in [1.54, 1.807) is 4.90 Å². The molecule has 35 heavy (non-hydrogen) atoms. The van der Waals surface area contributed by atoms with Crippen molar-refractivity contribution in [2.45, 2.75) is 94.0 Å². The van der Waals surface area contributed by atoms with Crippen molar-refractivity contribution in [2.24, 2.45) is 0 Å². The van der Waals surface area contributed by atoms with Gasteiger partial charge in [0.2, 0.25) is 0 Å². The van der Waals surface area contributed by atoms with Crippen molar-refractivity contribution in [1.82, 2.24) is 19.6 Å². The fraction of sp³-hybridized carbons (Fsp3) is 0.714. The summed E-state index contributed by atoms with van der Waals surface area (Å²) in [7, 11) is 3.70. The Morgan fingerprint density at radius 1 is 0.971 bits per heavy atom. The van der Waals surface area contributed by atoms with Gasteiger partial charge >= 0.3 is 12.1 Å². The Morgan fingerprint density at radius 3 is 2.29 bits per heavy atom. The van der Waals surface area contributed by atoms with Crippen molar-refractivity contribution in [3.63, 3.8) is 0 Å². The second-order valence-electron chi connectivity index (χ2n) is 11.9. The number of piperidine rings is 2.